The van der Waals surface area contributed by atoms with Crippen molar-refractivity contribution in [3.05, 3.63) is 29.8 Å². The number of halogens is 2. The van der Waals surface area contributed by atoms with Crippen LogP contribution in [0.4, 0.5) is 13.6 Å². The summed E-state index contributed by atoms with van der Waals surface area (Å²) in [6, 6.07) is 3.15. The maximum Gasteiger partial charge on any atom is 0.317 e. The van der Waals surface area contributed by atoms with Crippen LogP contribution in [0.5, 0.6) is 5.75 Å². The first-order valence-corrected chi connectivity index (χ1v) is 9.96. The minimum Gasteiger partial charge on any atom is -0.484 e. The first-order chi connectivity index (χ1) is 13.9. The zero-order chi connectivity index (χ0) is 21.0. The number of hydrogen-bond donors (Lipinski definition) is 1. The molecule has 0 bridgehead atoms. The molecule has 2 fully saturated rings. The summed E-state index contributed by atoms with van der Waals surface area (Å²) >= 11 is 0. The fourth-order valence-corrected chi connectivity index (χ4v) is 4.19. The molecule has 0 spiro atoms. The second kappa shape index (κ2) is 8.94. The van der Waals surface area contributed by atoms with Gasteiger partial charge < -0.3 is 19.9 Å². The van der Waals surface area contributed by atoms with E-state index in [1.165, 1.54) is 6.07 Å². The molecule has 1 aromatic carbocycles. The van der Waals surface area contributed by atoms with Gasteiger partial charge in [0.25, 0.3) is 5.91 Å². The number of piperazine rings is 1. The monoisotopic (exact) mass is 410 g/mol. The SMILES string of the molecule is CCC1(N2CCN(C(=O)COc3ccc(F)c(F)c3)CC2)CCN(C(=O)NC)C1. The Kier molecular flexibility index (Phi) is 6.56. The van der Waals surface area contributed by atoms with Gasteiger partial charge >= 0.3 is 6.03 Å². The Balaban J connectivity index is 1.51. The number of rotatable bonds is 5. The van der Waals surface area contributed by atoms with Crippen LogP contribution >= 0.6 is 0 Å². The number of ether oxygens (including phenoxy) is 1. The molecule has 2 heterocycles. The van der Waals surface area contributed by atoms with Crippen LogP contribution in [0.1, 0.15) is 19.8 Å². The number of likely N-dealkylation sites (tertiary alicyclic amines) is 1. The normalized spacial score (nSPS) is 22.6. The molecule has 1 aromatic rings. The highest BCUT2D eigenvalue weighted by Gasteiger charge is 2.44. The largest absolute Gasteiger partial charge is 0.484 e. The predicted molar refractivity (Wildman–Crippen MR) is 104 cm³/mol. The van der Waals surface area contributed by atoms with Crippen LogP contribution in [-0.4, -0.2) is 85.1 Å². The molecule has 2 aliphatic heterocycles. The van der Waals surface area contributed by atoms with Gasteiger partial charge in [-0.15, -0.1) is 0 Å². The van der Waals surface area contributed by atoms with Gasteiger partial charge in [0.05, 0.1) is 0 Å². The molecule has 0 aromatic heterocycles. The zero-order valence-electron chi connectivity index (χ0n) is 16.9. The van der Waals surface area contributed by atoms with Gasteiger partial charge in [0.2, 0.25) is 0 Å². The summed E-state index contributed by atoms with van der Waals surface area (Å²) in [6.45, 7) is 5.95. The first-order valence-electron chi connectivity index (χ1n) is 9.96. The summed E-state index contributed by atoms with van der Waals surface area (Å²) in [7, 11) is 1.64. The Bertz CT molecular complexity index is 755. The standard InChI is InChI=1S/C20H28F2N4O3/c1-3-20(6-7-25(14-20)19(28)23-2)26-10-8-24(9-11-26)18(27)13-29-15-4-5-16(21)17(22)12-15/h4-5,12H,3,6-11,13-14H2,1-2H3,(H,23,28). The number of urea groups is 1. The molecule has 1 atom stereocenters. The highest BCUT2D eigenvalue weighted by Crippen LogP contribution is 2.32. The highest BCUT2D eigenvalue weighted by atomic mass is 19.2. The molecule has 7 nitrogen and oxygen atoms in total. The van der Waals surface area contributed by atoms with E-state index in [1.807, 2.05) is 4.90 Å². The van der Waals surface area contributed by atoms with Crippen LogP contribution in [-0.2, 0) is 4.79 Å². The third-order valence-corrected chi connectivity index (χ3v) is 6.05. The number of carbonyl (C=O) groups excluding carboxylic acids is 2. The average Bonchev–Trinajstić information content (AvgIpc) is 3.20. The Morgan fingerprint density at radius 3 is 2.45 bits per heavy atom. The Morgan fingerprint density at radius 1 is 1.10 bits per heavy atom. The minimum absolute atomic E-state index is 0.0518. The quantitative estimate of drug-likeness (QED) is 0.802. The minimum atomic E-state index is -1.00. The lowest BCUT2D eigenvalue weighted by atomic mass is 9.92. The number of nitrogens with one attached hydrogen (secondary N) is 1. The van der Waals surface area contributed by atoms with Crippen LogP contribution < -0.4 is 10.1 Å². The lowest BCUT2D eigenvalue weighted by Crippen LogP contribution is -2.59. The van der Waals surface area contributed by atoms with E-state index >= 15 is 0 Å². The van der Waals surface area contributed by atoms with Gasteiger partial charge in [-0.2, -0.15) is 0 Å². The maximum atomic E-state index is 13.2. The number of nitrogens with zero attached hydrogens (tertiary/aromatic N) is 3. The van der Waals surface area contributed by atoms with E-state index in [0.717, 1.165) is 44.6 Å². The molecular formula is C20H28F2N4O3. The van der Waals surface area contributed by atoms with Crippen molar-refractivity contribution in [2.24, 2.45) is 0 Å². The van der Waals surface area contributed by atoms with Gasteiger partial charge in [0.15, 0.2) is 18.2 Å². The molecule has 3 amide bonds. The number of carbonyl (C=O) groups is 2. The lowest BCUT2D eigenvalue weighted by molar-refractivity contribution is -0.136. The molecule has 2 aliphatic rings. The third-order valence-electron chi connectivity index (χ3n) is 6.05. The molecule has 1 unspecified atom stereocenters. The molecule has 0 saturated carbocycles. The van der Waals surface area contributed by atoms with Gasteiger partial charge in [-0.1, -0.05) is 6.92 Å². The van der Waals surface area contributed by atoms with Crippen molar-refractivity contribution in [3.8, 4) is 5.75 Å². The fourth-order valence-electron chi connectivity index (χ4n) is 4.19. The summed E-state index contributed by atoms with van der Waals surface area (Å²) < 4.78 is 31.5. The highest BCUT2D eigenvalue weighted by molar-refractivity contribution is 5.78. The number of hydrogen-bond acceptors (Lipinski definition) is 4. The molecule has 29 heavy (non-hydrogen) atoms. The van der Waals surface area contributed by atoms with E-state index in [9.17, 15) is 18.4 Å². The summed E-state index contributed by atoms with van der Waals surface area (Å²) in [5.74, 6) is -2.01. The summed E-state index contributed by atoms with van der Waals surface area (Å²) in [5, 5.41) is 2.69. The summed E-state index contributed by atoms with van der Waals surface area (Å²) in [5.41, 5.74) is -0.0518. The van der Waals surface area contributed by atoms with Gasteiger partial charge in [0.1, 0.15) is 5.75 Å². The first kappa shape index (κ1) is 21.3. The molecule has 3 rings (SSSR count). The van der Waals surface area contributed by atoms with Gasteiger partial charge in [-0.05, 0) is 25.0 Å². The Morgan fingerprint density at radius 2 is 1.83 bits per heavy atom. The summed E-state index contributed by atoms with van der Waals surface area (Å²) in [6.07, 6.45) is 1.86. The van der Waals surface area contributed by atoms with E-state index < -0.39 is 11.6 Å². The van der Waals surface area contributed by atoms with Crippen LogP contribution in [0.25, 0.3) is 0 Å². The van der Waals surface area contributed by atoms with Crippen LogP contribution in [0.3, 0.4) is 0 Å². The molecule has 1 N–H and O–H groups in total. The van der Waals surface area contributed by atoms with Crippen molar-refractivity contribution in [1.82, 2.24) is 20.0 Å². The second-order valence-electron chi connectivity index (χ2n) is 7.54. The van der Waals surface area contributed by atoms with Crippen molar-refractivity contribution in [3.63, 3.8) is 0 Å². The van der Waals surface area contributed by atoms with Gasteiger partial charge in [0, 0.05) is 57.9 Å². The van der Waals surface area contributed by atoms with Crippen LogP contribution in [0, 0.1) is 11.6 Å². The van der Waals surface area contributed by atoms with E-state index in [-0.39, 0.29) is 29.8 Å². The lowest BCUT2D eigenvalue weighted by Gasteiger charge is -2.45. The Hall–Kier alpha value is -2.42. The van der Waals surface area contributed by atoms with Gasteiger partial charge in [-0.3, -0.25) is 9.69 Å². The zero-order valence-corrected chi connectivity index (χ0v) is 16.9. The molecular weight excluding hydrogens is 382 g/mol. The van der Waals surface area contributed by atoms with Crippen molar-refractivity contribution in [2.45, 2.75) is 25.3 Å². The van der Waals surface area contributed by atoms with E-state index in [0.29, 0.717) is 19.6 Å². The van der Waals surface area contributed by atoms with E-state index in [4.69, 9.17) is 4.74 Å². The molecule has 0 aliphatic carbocycles. The van der Waals surface area contributed by atoms with Crippen molar-refractivity contribution in [2.75, 3.05) is 52.9 Å². The van der Waals surface area contributed by atoms with Crippen molar-refractivity contribution < 1.29 is 23.1 Å². The smallest absolute Gasteiger partial charge is 0.317 e. The maximum absolute atomic E-state index is 13.2. The predicted octanol–water partition coefficient (Wildman–Crippen LogP) is 1.68. The average molecular weight is 410 g/mol. The van der Waals surface area contributed by atoms with Gasteiger partial charge in [-0.25, -0.2) is 13.6 Å². The second-order valence-corrected chi connectivity index (χ2v) is 7.54. The third kappa shape index (κ3) is 4.60. The molecule has 2 saturated heterocycles. The summed E-state index contributed by atoms with van der Waals surface area (Å²) in [4.78, 5) is 30.3. The topological polar surface area (TPSA) is 65.1 Å². The van der Waals surface area contributed by atoms with Crippen molar-refractivity contribution in [1.29, 1.82) is 0 Å². The molecule has 160 valence electrons. The fraction of sp³-hybridized carbons (Fsp3) is 0.600. The van der Waals surface area contributed by atoms with Crippen LogP contribution in [0.2, 0.25) is 0 Å². The van der Waals surface area contributed by atoms with E-state index in [2.05, 4.69) is 17.1 Å². The number of benzene rings is 1. The van der Waals surface area contributed by atoms with Crippen LogP contribution in [0.15, 0.2) is 18.2 Å². The molecule has 0 radical (unpaired) electrons. The van der Waals surface area contributed by atoms with E-state index in [1.54, 1.807) is 11.9 Å². The number of amides is 3. The molecule has 9 heteroatoms. The Labute approximate surface area is 169 Å². The van der Waals surface area contributed by atoms with Crippen molar-refractivity contribution >= 4 is 11.9 Å².